The average Bonchev–Trinajstić information content (AvgIpc) is 2.04. The fraction of sp³-hybridized carbons (Fsp3) is 0.500. The summed E-state index contributed by atoms with van der Waals surface area (Å²) in [5.41, 5.74) is 2.94. The van der Waals surface area contributed by atoms with E-state index in [1.54, 1.807) is 0 Å². The SMILES string of the molecule is CC1(I)CCCc2cnccc21. The zero-order valence-electron chi connectivity index (χ0n) is 7.18. The van der Waals surface area contributed by atoms with Crippen LogP contribution in [0, 0.1) is 0 Å². The van der Waals surface area contributed by atoms with Gasteiger partial charge in [0, 0.05) is 15.8 Å². The minimum Gasteiger partial charge on any atom is -0.264 e. The molecule has 12 heavy (non-hydrogen) atoms. The Labute approximate surface area is 86.7 Å². The van der Waals surface area contributed by atoms with Crippen LogP contribution in [0.25, 0.3) is 0 Å². The van der Waals surface area contributed by atoms with E-state index >= 15 is 0 Å². The van der Waals surface area contributed by atoms with Crippen molar-refractivity contribution >= 4 is 22.6 Å². The summed E-state index contributed by atoms with van der Waals surface area (Å²) in [6, 6.07) is 2.17. The molecule has 1 heterocycles. The van der Waals surface area contributed by atoms with Crippen molar-refractivity contribution in [1.29, 1.82) is 0 Å². The van der Waals surface area contributed by atoms with Crippen molar-refractivity contribution in [2.75, 3.05) is 0 Å². The Morgan fingerprint density at radius 1 is 1.58 bits per heavy atom. The summed E-state index contributed by atoms with van der Waals surface area (Å²) in [6.45, 7) is 2.31. The van der Waals surface area contributed by atoms with Crippen molar-refractivity contribution in [3.05, 3.63) is 29.6 Å². The lowest BCUT2D eigenvalue weighted by Gasteiger charge is -2.30. The van der Waals surface area contributed by atoms with Crippen LogP contribution < -0.4 is 0 Å². The third kappa shape index (κ3) is 1.37. The van der Waals surface area contributed by atoms with Gasteiger partial charge in [-0.2, -0.15) is 0 Å². The Morgan fingerprint density at radius 2 is 2.42 bits per heavy atom. The second-order valence-electron chi connectivity index (χ2n) is 3.58. The predicted octanol–water partition coefficient (Wildman–Crippen LogP) is 3.07. The van der Waals surface area contributed by atoms with E-state index in [2.05, 4.69) is 40.6 Å². The molecule has 1 nitrogen and oxygen atoms in total. The van der Waals surface area contributed by atoms with Gasteiger partial charge in [-0.1, -0.05) is 22.6 Å². The zero-order valence-corrected chi connectivity index (χ0v) is 9.34. The maximum Gasteiger partial charge on any atom is 0.0446 e. The summed E-state index contributed by atoms with van der Waals surface area (Å²) in [4.78, 5) is 4.16. The molecule has 1 atom stereocenters. The number of alkyl halides is 1. The van der Waals surface area contributed by atoms with Crippen molar-refractivity contribution in [1.82, 2.24) is 4.98 Å². The van der Waals surface area contributed by atoms with Crippen LogP contribution >= 0.6 is 22.6 Å². The lowest BCUT2D eigenvalue weighted by molar-refractivity contribution is 0.566. The van der Waals surface area contributed by atoms with Gasteiger partial charge in [0.1, 0.15) is 0 Å². The quantitative estimate of drug-likeness (QED) is 0.523. The second-order valence-corrected chi connectivity index (χ2v) is 5.96. The average molecular weight is 273 g/mol. The number of hydrogen-bond donors (Lipinski definition) is 0. The molecule has 0 bridgehead atoms. The van der Waals surface area contributed by atoms with Gasteiger partial charge in [-0.15, -0.1) is 0 Å². The van der Waals surface area contributed by atoms with Crippen LogP contribution in [0.3, 0.4) is 0 Å². The highest BCUT2D eigenvalue weighted by atomic mass is 127. The first-order chi connectivity index (χ1) is 5.70. The van der Waals surface area contributed by atoms with Crippen LogP contribution in [-0.2, 0) is 9.84 Å². The molecule has 0 saturated carbocycles. The molecule has 1 aromatic rings. The fourth-order valence-electron chi connectivity index (χ4n) is 1.88. The number of hydrogen-bond acceptors (Lipinski definition) is 1. The summed E-state index contributed by atoms with van der Waals surface area (Å²) < 4.78 is 0.342. The van der Waals surface area contributed by atoms with Crippen molar-refractivity contribution in [2.24, 2.45) is 0 Å². The Balaban J connectivity index is 2.52. The number of aromatic nitrogens is 1. The van der Waals surface area contributed by atoms with E-state index in [4.69, 9.17) is 0 Å². The molecule has 0 saturated heterocycles. The van der Waals surface area contributed by atoms with Gasteiger partial charge >= 0.3 is 0 Å². The molecule has 1 aliphatic rings. The molecule has 2 heteroatoms. The largest absolute Gasteiger partial charge is 0.264 e. The molecule has 1 aromatic heterocycles. The predicted molar refractivity (Wildman–Crippen MR) is 58.5 cm³/mol. The van der Waals surface area contributed by atoms with Gasteiger partial charge in [0.2, 0.25) is 0 Å². The molecule has 0 fully saturated rings. The Hall–Kier alpha value is -0.120. The number of aryl methyl sites for hydroxylation is 1. The number of pyridine rings is 1. The number of rotatable bonds is 0. The highest BCUT2D eigenvalue weighted by Gasteiger charge is 2.28. The molecular weight excluding hydrogens is 261 g/mol. The molecule has 64 valence electrons. The van der Waals surface area contributed by atoms with Gasteiger partial charge in [-0.25, -0.2) is 0 Å². The molecule has 0 radical (unpaired) electrons. The Morgan fingerprint density at radius 3 is 3.17 bits per heavy atom. The van der Waals surface area contributed by atoms with E-state index in [0.717, 1.165) is 0 Å². The van der Waals surface area contributed by atoms with E-state index < -0.39 is 0 Å². The molecule has 0 amide bonds. The van der Waals surface area contributed by atoms with Crippen molar-refractivity contribution in [3.63, 3.8) is 0 Å². The van der Waals surface area contributed by atoms with Crippen LogP contribution in [0.1, 0.15) is 30.9 Å². The second kappa shape index (κ2) is 2.98. The maximum absolute atomic E-state index is 4.16. The Bertz CT molecular complexity index is 294. The summed E-state index contributed by atoms with van der Waals surface area (Å²) in [6.07, 6.45) is 7.73. The van der Waals surface area contributed by atoms with E-state index in [0.29, 0.717) is 3.42 Å². The normalized spacial score (nSPS) is 28.2. The first kappa shape index (κ1) is 8.48. The highest BCUT2D eigenvalue weighted by molar-refractivity contribution is 14.1. The minimum absolute atomic E-state index is 0.342. The zero-order chi connectivity index (χ0) is 8.60. The van der Waals surface area contributed by atoms with E-state index in [1.807, 2.05) is 12.4 Å². The van der Waals surface area contributed by atoms with Crippen LogP contribution in [0.4, 0.5) is 0 Å². The summed E-state index contributed by atoms with van der Waals surface area (Å²) in [5, 5.41) is 0. The lowest BCUT2D eigenvalue weighted by Crippen LogP contribution is -2.20. The molecule has 0 aromatic carbocycles. The number of fused-ring (bicyclic) bond motifs is 1. The molecule has 1 unspecified atom stereocenters. The molecular formula is C10H12IN. The van der Waals surface area contributed by atoms with Gasteiger partial charge in [0.25, 0.3) is 0 Å². The van der Waals surface area contributed by atoms with Gasteiger partial charge in [-0.05, 0) is 43.4 Å². The van der Waals surface area contributed by atoms with E-state index in [1.165, 1.54) is 30.4 Å². The molecule has 0 N–H and O–H groups in total. The minimum atomic E-state index is 0.342. The topological polar surface area (TPSA) is 12.9 Å². The molecule has 1 aliphatic carbocycles. The van der Waals surface area contributed by atoms with Crippen LogP contribution in [0.5, 0.6) is 0 Å². The first-order valence-corrected chi connectivity index (χ1v) is 5.40. The lowest BCUT2D eigenvalue weighted by atomic mass is 9.85. The smallest absolute Gasteiger partial charge is 0.0446 e. The van der Waals surface area contributed by atoms with Gasteiger partial charge in [0.05, 0.1) is 0 Å². The number of nitrogens with zero attached hydrogens (tertiary/aromatic N) is 1. The summed E-state index contributed by atoms with van der Waals surface area (Å²) >= 11 is 2.55. The summed E-state index contributed by atoms with van der Waals surface area (Å²) in [5.74, 6) is 0. The van der Waals surface area contributed by atoms with Crippen LogP contribution in [-0.4, -0.2) is 4.98 Å². The first-order valence-electron chi connectivity index (χ1n) is 4.32. The summed E-state index contributed by atoms with van der Waals surface area (Å²) in [7, 11) is 0. The molecule has 2 rings (SSSR count). The Kier molecular flexibility index (Phi) is 2.10. The van der Waals surface area contributed by atoms with Crippen LogP contribution in [0.15, 0.2) is 18.5 Å². The molecule has 0 spiro atoms. The van der Waals surface area contributed by atoms with Crippen molar-refractivity contribution in [2.45, 2.75) is 29.6 Å². The van der Waals surface area contributed by atoms with Crippen molar-refractivity contribution < 1.29 is 0 Å². The van der Waals surface area contributed by atoms with Crippen LogP contribution in [0.2, 0.25) is 0 Å². The monoisotopic (exact) mass is 273 g/mol. The maximum atomic E-state index is 4.16. The van der Waals surface area contributed by atoms with Gasteiger partial charge in [0.15, 0.2) is 0 Å². The fourth-order valence-corrected chi connectivity index (χ4v) is 2.79. The van der Waals surface area contributed by atoms with E-state index in [-0.39, 0.29) is 0 Å². The molecule has 0 aliphatic heterocycles. The van der Waals surface area contributed by atoms with Gasteiger partial charge < -0.3 is 0 Å². The van der Waals surface area contributed by atoms with Crippen molar-refractivity contribution in [3.8, 4) is 0 Å². The van der Waals surface area contributed by atoms with E-state index in [9.17, 15) is 0 Å². The third-order valence-corrected chi connectivity index (χ3v) is 3.68. The highest BCUT2D eigenvalue weighted by Crippen LogP contribution is 2.41. The van der Waals surface area contributed by atoms with Gasteiger partial charge in [-0.3, -0.25) is 4.98 Å². The number of halogens is 1. The standard InChI is InChI=1S/C10H12IN/c1-10(11)5-2-3-8-7-12-6-4-9(8)10/h4,6-7H,2-3,5H2,1H3. The third-order valence-electron chi connectivity index (χ3n) is 2.56.